The molecule has 0 saturated carbocycles. The van der Waals surface area contributed by atoms with Crippen molar-refractivity contribution >= 4 is 32.9 Å². The van der Waals surface area contributed by atoms with Gasteiger partial charge in [0.05, 0.1) is 15.9 Å². The Morgan fingerprint density at radius 1 is 1.20 bits per heavy atom. The van der Waals surface area contributed by atoms with Gasteiger partial charge in [0, 0.05) is 12.1 Å². The zero-order chi connectivity index (χ0) is 17.9. The van der Waals surface area contributed by atoms with Crippen LogP contribution in [0.25, 0.3) is 11.0 Å². The first-order chi connectivity index (χ1) is 12.0. The van der Waals surface area contributed by atoms with Crippen molar-refractivity contribution in [2.24, 2.45) is 0 Å². The summed E-state index contributed by atoms with van der Waals surface area (Å²) in [6.45, 7) is 3.58. The standard InChI is InChI=1S/C17H16N4O3S/c1-2-10-18-25(23,24)13-7-5-6-12(11-13)16(22)21-17-19-14-8-3-4-9-15(14)20-17/h2-9,11,18H,1,10H2,(H2,19,20,21,22). The van der Waals surface area contributed by atoms with Crippen LogP contribution < -0.4 is 10.0 Å². The van der Waals surface area contributed by atoms with Crippen LogP contribution in [0.5, 0.6) is 0 Å². The minimum atomic E-state index is -3.70. The van der Waals surface area contributed by atoms with E-state index in [1.54, 1.807) is 0 Å². The molecule has 1 aromatic heterocycles. The number of anilines is 1. The third-order valence-corrected chi connectivity index (χ3v) is 4.87. The van der Waals surface area contributed by atoms with Gasteiger partial charge in [-0.3, -0.25) is 10.1 Å². The van der Waals surface area contributed by atoms with E-state index < -0.39 is 15.9 Å². The molecule has 0 saturated heterocycles. The fraction of sp³-hybridized carbons (Fsp3) is 0.0588. The topological polar surface area (TPSA) is 104 Å². The fourth-order valence-corrected chi connectivity index (χ4v) is 3.29. The van der Waals surface area contributed by atoms with Crippen molar-refractivity contribution in [1.29, 1.82) is 0 Å². The quantitative estimate of drug-likeness (QED) is 0.589. The van der Waals surface area contributed by atoms with Gasteiger partial charge in [0.1, 0.15) is 0 Å². The van der Waals surface area contributed by atoms with Crippen LogP contribution in [0.1, 0.15) is 10.4 Å². The highest BCUT2D eigenvalue weighted by Crippen LogP contribution is 2.16. The highest BCUT2D eigenvalue weighted by atomic mass is 32.2. The average molecular weight is 356 g/mol. The van der Waals surface area contributed by atoms with Gasteiger partial charge in [-0.15, -0.1) is 6.58 Å². The summed E-state index contributed by atoms with van der Waals surface area (Å²) in [6.07, 6.45) is 1.44. The third-order valence-electron chi connectivity index (χ3n) is 3.45. The van der Waals surface area contributed by atoms with E-state index in [0.717, 1.165) is 11.0 Å². The number of carbonyl (C=O) groups excluding carboxylic acids is 1. The highest BCUT2D eigenvalue weighted by molar-refractivity contribution is 7.89. The van der Waals surface area contributed by atoms with E-state index in [-0.39, 0.29) is 17.0 Å². The summed E-state index contributed by atoms with van der Waals surface area (Å²) >= 11 is 0. The number of carbonyl (C=O) groups is 1. The maximum atomic E-state index is 12.4. The van der Waals surface area contributed by atoms with Crippen LogP contribution in [0.3, 0.4) is 0 Å². The van der Waals surface area contributed by atoms with Crippen molar-refractivity contribution in [3.05, 3.63) is 66.7 Å². The maximum absolute atomic E-state index is 12.4. The minimum absolute atomic E-state index is 0.00612. The third kappa shape index (κ3) is 3.76. The summed E-state index contributed by atoms with van der Waals surface area (Å²) in [4.78, 5) is 19.6. The molecule has 2 aromatic carbocycles. The first-order valence-electron chi connectivity index (χ1n) is 7.46. The van der Waals surface area contributed by atoms with Crippen molar-refractivity contribution in [2.45, 2.75) is 4.90 Å². The largest absolute Gasteiger partial charge is 0.324 e. The summed E-state index contributed by atoms with van der Waals surface area (Å²) in [7, 11) is -3.70. The number of hydrogen-bond donors (Lipinski definition) is 3. The molecule has 3 aromatic rings. The molecule has 7 nitrogen and oxygen atoms in total. The van der Waals surface area contributed by atoms with Crippen molar-refractivity contribution < 1.29 is 13.2 Å². The number of rotatable bonds is 6. The molecule has 0 unspecified atom stereocenters. The van der Waals surface area contributed by atoms with Gasteiger partial charge in [0.15, 0.2) is 0 Å². The molecule has 8 heteroatoms. The Labute approximate surface area is 144 Å². The maximum Gasteiger partial charge on any atom is 0.258 e. The van der Waals surface area contributed by atoms with Crippen LogP contribution in [0.4, 0.5) is 5.95 Å². The van der Waals surface area contributed by atoms with Crippen molar-refractivity contribution in [3.63, 3.8) is 0 Å². The Bertz CT molecular complexity index is 1010. The van der Waals surface area contributed by atoms with Gasteiger partial charge in [-0.2, -0.15) is 0 Å². The zero-order valence-corrected chi connectivity index (χ0v) is 14.0. The Morgan fingerprint density at radius 3 is 2.76 bits per heavy atom. The SMILES string of the molecule is C=CCNS(=O)(=O)c1cccc(C(=O)Nc2nc3ccccc3[nH]2)c1. The Hall–Kier alpha value is -2.97. The molecule has 1 amide bonds. The normalized spacial score (nSPS) is 11.4. The molecule has 0 aliphatic heterocycles. The second-order valence-corrected chi connectivity index (χ2v) is 6.99. The number of sulfonamides is 1. The first kappa shape index (κ1) is 16.9. The van der Waals surface area contributed by atoms with Crippen LogP contribution in [0.15, 0.2) is 66.1 Å². The minimum Gasteiger partial charge on any atom is -0.324 e. The number of H-pyrrole nitrogens is 1. The summed E-state index contributed by atoms with van der Waals surface area (Å²) < 4.78 is 26.6. The second-order valence-electron chi connectivity index (χ2n) is 5.23. The lowest BCUT2D eigenvalue weighted by atomic mass is 10.2. The molecule has 3 rings (SSSR count). The molecule has 0 bridgehead atoms. The first-order valence-corrected chi connectivity index (χ1v) is 8.94. The van der Waals surface area contributed by atoms with Gasteiger partial charge in [0.25, 0.3) is 5.91 Å². The average Bonchev–Trinajstić information content (AvgIpc) is 3.02. The van der Waals surface area contributed by atoms with Crippen LogP contribution in [-0.2, 0) is 10.0 Å². The fourth-order valence-electron chi connectivity index (χ4n) is 2.25. The summed E-state index contributed by atoms with van der Waals surface area (Å²) in [6, 6.07) is 13.1. The van der Waals surface area contributed by atoms with Gasteiger partial charge in [0.2, 0.25) is 16.0 Å². The second kappa shape index (κ2) is 6.88. The number of aromatic nitrogens is 2. The lowest BCUT2D eigenvalue weighted by Crippen LogP contribution is -2.24. The van der Waals surface area contributed by atoms with E-state index in [2.05, 4.69) is 26.6 Å². The number of fused-ring (bicyclic) bond motifs is 1. The smallest absolute Gasteiger partial charge is 0.258 e. The van der Waals surface area contributed by atoms with Crippen LogP contribution in [-0.4, -0.2) is 30.8 Å². The zero-order valence-electron chi connectivity index (χ0n) is 13.2. The van der Waals surface area contributed by atoms with Gasteiger partial charge in [-0.25, -0.2) is 18.1 Å². The molecule has 0 radical (unpaired) electrons. The predicted octanol–water partition coefficient (Wildman–Crippen LogP) is 2.28. The molecule has 0 spiro atoms. The summed E-state index contributed by atoms with van der Waals surface area (Å²) in [5.41, 5.74) is 1.73. The van der Waals surface area contributed by atoms with Gasteiger partial charge < -0.3 is 4.98 Å². The number of nitrogens with zero attached hydrogens (tertiary/aromatic N) is 1. The van der Waals surface area contributed by atoms with E-state index >= 15 is 0 Å². The number of aromatic amines is 1. The van der Waals surface area contributed by atoms with Crippen LogP contribution in [0, 0.1) is 0 Å². The number of para-hydroxylation sites is 2. The predicted molar refractivity (Wildman–Crippen MR) is 95.9 cm³/mol. The van der Waals surface area contributed by atoms with Gasteiger partial charge in [-0.1, -0.05) is 24.3 Å². The Balaban J connectivity index is 1.82. The molecule has 25 heavy (non-hydrogen) atoms. The Morgan fingerprint density at radius 2 is 2.00 bits per heavy atom. The van der Waals surface area contributed by atoms with E-state index in [0.29, 0.717) is 5.95 Å². The van der Waals surface area contributed by atoms with E-state index in [1.807, 2.05) is 24.3 Å². The molecule has 3 N–H and O–H groups in total. The van der Waals surface area contributed by atoms with Crippen LogP contribution in [0.2, 0.25) is 0 Å². The number of imidazole rings is 1. The number of hydrogen-bond acceptors (Lipinski definition) is 4. The molecule has 0 aliphatic carbocycles. The molecule has 128 valence electrons. The van der Waals surface area contributed by atoms with Crippen molar-refractivity contribution in [2.75, 3.05) is 11.9 Å². The monoisotopic (exact) mass is 356 g/mol. The van der Waals surface area contributed by atoms with Crippen LogP contribution >= 0.6 is 0 Å². The van der Waals surface area contributed by atoms with E-state index in [9.17, 15) is 13.2 Å². The van der Waals surface area contributed by atoms with Gasteiger partial charge in [-0.05, 0) is 30.3 Å². The number of benzene rings is 2. The molecular formula is C17H16N4O3S. The van der Waals surface area contributed by atoms with Gasteiger partial charge >= 0.3 is 0 Å². The lowest BCUT2D eigenvalue weighted by Gasteiger charge is -2.07. The molecule has 0 fully saturated rings. The van der Waals surface area contributed by atoms with Crippen molar-refractivity contribution in [1.82, 2.24) is 14.7 Å². The lowest BCUT2D eigenvalue weighted by molar-refractivity contribution is 0.102. The summed E-state index contributed by atoms with van der Waals surface area (Å²) in [5, 5.41) is 2.63. The van der Waals surface area contributed by atoms with Crippen molar-refractivity contribution in [3.8, 4) is 0 Å². The molecule has 1 heterocycles. The molecular weight excluding hydrogens is 340 g/mol. The Kier molecular flexibility index (Phi) is 4.64. The highest BCUT2D eigenvalue weighted by Gasteiger charge is 2.16. The molecule has 0 aliphatic rings. The molecule has 0 atom stereocenters. The summed E-state index contributed by atoms with van der Waals surface area (Å²) in [5.74, 6) is -0.163. The van der Waals surface area contributed by atoms with E-state index in [4.69, 9.17) is 0 Å². The van der Waals surface area contributed by atoms with E-state index in [1.165, 1.54) is 30.3 Å². The number of nitrogens with one attached hydrogen (secondary N) is 3. The number of amides is 1.